The maximum atomic E-state index is 5.41. The summed E-state index contributed by atoms with van der Waals surface area (Å²) >= 11 is 1.84. The van der Waals surface area contributed by atoms with Crippen LogP contribution in [0.3, 0.4) is 0 Å². The van der Waals surface area contributed by atoms with Gasteiger partial charge in [0.1, 0.15) is 11.2 Å². The molecule has 1 N–H and O–H groups in total. The van der Waals surface area contributed by atoms with Crippen molar-refractivity contribution in [2.45, 2.75) is 32.6 Å². The average Bonchev–Trinajstić information content (AvgIpc) is 3.30. The number of fused-ring (bicyclic) bond motifs is 5. The number of aromatic nitrogens is 4. The molecule has 0 bridgehead atoms. The van der Waals surface area contributed by atoms with Crippen LogP contribution in [0.15, 0.2) is 6.33 Å². The van der Waals surface area contributed by atoms with Gasteiger partial charge in [0.15, 0.2) is 5.65 Å². The van der Waals surface area contributed by atoms with Crippen molar-refractivity contribution in [2.75, 3.05) is 44.7 Å². The quantitative estimate of drug-likeness (QED) is 0.680. The number of nitrogens with one attached hydrogen (secondary N) is 1. The largest absolute Gasteiger partial charge is 0.379 e. The van der Waals surface area contributed by atoms with Crippen LogP contribution >= 0.6 is 11.3 Å². The molecule has 27 heavy (non-hydrogen) atoms. The maximum Gasteiger partial charge on any atom is 0.227 e. The van der Waals surface area contributed by atoms with Gasteiger partial charge < -0.3 is 10.1 Å². The molecule has 0 aromatic carbocycles. The first-order valence-electron chi connectivity index (χ1n) is 9.97. The van der Waals surface area contributed by atoms with E-state index < -0.39 is 0 Å². The summed E-state index contributed by atoms with van der Waals surface area (Å²) in [6, 6.07) is 0. The minimum atomic E-state index is 0.733. The fourth-order valence-electron chi connectivity index (χ4n) is 4.21. The zero-order valence-electron chi connectivity index (χ0n) is 15.8. The van der Waals surface area contributed by atoms with Gasteiger partial charge in [-0.1, -0.05) is 6.92 Å². The third kappa shape index (κ3) is 3.30. The van der Waals surface area contributed by atoms with E-state index in [1.54, 1.807) is 6.33 Å². The van der Waals surface area contributed by atoms with Crippen LogP contribution < -0.4 is 5.32 Å². The predicted molar refractivity (Wildman–Crippen MR) is 108 cm³/mol. The molecule has 0 radical (unpaired) electrons. The molecule has 1 fully saturated rings. The number of hydrogen-bond acceptors (Lipinski definition) is 7. The maximum absolute atomic E-state index is 5.41. The van der Waals surface area contributed by atoms with Crippen LogP contribution in [0.1, 0.15) is 30.2 Å². The van der Waals surface area contributed by atoms with Crippen molar-refractivity contribution in [2.24, 2.45) is 5.92 Å². The van der Waals surface area contributed by atoms with Crippen molar-refractivity contribution in [3.05, 3.63) is 16.8 Å². The highest BCUT2D eigenvalue weighted by Crippen LogP contribution is 2.39. The second-order valence-corrected chi connectivity index (χ2v) is 8.78. The van der Waals surface area contributed by atoms with E-state index in [4.69, 9.17) is 9.72 Å². The summed E-state index contributed by atoms with van der Waals surface area (Å²) in [5.41, 5.74) is 2.40. The SMILES string of the molecule is C[C@@H]1CCc2sc3nc(NCCCN4CCOCC4)n4ncnc4c3c2C1. The van der Waals surface area contributed by atoms with Crippen molar-refractivity contribution in [1.82, 2.24) is 24.5 Å². The molecule has 3 aromatic rings. The molecule has 1 atom stereocenters. The lowest BCUT2D eigenvalue weighted by molar-refractivity contribution is 0.0378. The van der Waals surface area contributed by atoms with Gasteiger partial charge in [-0.25, -0.2) is 9.97 Å². The molecule has 144 valence electrons. The molecule has 0 spiro atoms. The van der Waals surface area contributed by atoms with Gasteiger partial charge in [0, 0.05) is 24.5 Å². The molecule has 3 aromatic heterocycles. The zero-order valence-corrected chi connectivity index (χ0v) is 16.6. The molecule has 1 aliphatic heterocycles. The number of thiophene rings is 1. The highest BCUT2D eigenvalue weighted by atomic mass is 32.1. The van der Waals surface area contributed by atoms with Gasteiger partial charge in [-0.3, -0.25) is 4.90 Å². The van der Waals surface area contributed by atoms with Gasteiger partial charge >= 0.3 is 0 Å². The second-order valence-electron chi connectivity index (χ2n) is 7.70. The van der Waals surface area contributed by atoms with Gasteiger partial charge in [-0.15, -0.1) is 11.3 Å². The molecule has 7 nitrogen and oxygen atoms in total. The van der Waals surface area contributed by atoms with Crippen LogP contribution in [-0.4, -0.2) is 63.9 Å². The smallest absolute Gasteiger partial charge is 0.227 e. The Bertz CT molecular complexity index is 945. The molecule has 0 amide bonds. The van der Waals surface area contributed by atoms with Crippen LogP contribution in [0.25, 0.3) is 15.9 Å². The molecule has 1 saturated heterocycles. The van der Waals surface area contributed by atoms with Crippen LogP contribution in [0, 0.1) is 5.92 Å². The first-order chi connectivity index (χ1) is 13.3. The summed E-state index contributed by atoms with van der Waals surface area (Å²) in [6.45, 7) is 8.09. The van der Waals surface area contributed by atoms with Crippen molar-refractivity contribution >= 4 is 33.1 Å². The monoisotopic (exact) mass is 386 g/mol. The Morgan fingerprint density at radius 1 is 1.33 bits per heavy atom. The van der Waals surface area contributed by atoms with Crippen LogP contribution in [0.4, 0.5) is 5.95 Å². The fourth-order valence-corrected chi connectivity index (χ4v) is 5.42. The lowest BCUT2D eigenvalue weighted by atomic mass is 9.89. The highest BCUT2D eigenvalue weighted by Gasteiger charge is 2.24. The fraction of sp³-hybridized carbons (Fsp3) is 0.632. The van der Waals surface area contributed by atoms with Gasteiger partial charge in [0.2, 0.25) is 5.95 Å². The Kier molecular flexibility index (Phi) is 4.71. The van der Waals surface area contributed by atoms with Gasteiger partial charge in [-0.05, 0) is 43.7 Å². The van der Waals surface area contributed by atoms with E-state index in [1.807, 2.05) is 15.9 Å². The number of hydrogen-bond donors (Lipinski definition) is 1. The minimum Gasteiger partial charge on any atom is -0.379 e. The first kappa shape index (κ1) is 17.3. The van der Waals surface area contributed by atoms with Crippen molar-refractivity contribution < 1.29 is 4.74 Å². The second kappa shape index (κ2) is 7.33. The van der Waals surface area contributed by atoms with Crippen LogP contribution in [-0.2, 0) is 17.6 Å². The van der Waals surface area contributed by atoms with E-state index in [0.717, 1.165) is 74.6 Å². The molecule has 2 aliphatic rings. The van der Waals surface area contributed by atoms with E-state index in [-0.39, 0.29) is 0 Å². The van der Waals surface area contributed by atoms with E-state index in [2.05, 4.69) is 27.2 Å². The van der Waals surface area contributed by atoms with E-state index in [9.17, 15) is 0 Å². The third-order valence-corrected chi connectivity index (χ3v) is 6.89. The number of ether oxygens (including phenoxy) is 1. The summed E-state index contributed by atoms with van der Waals surface area (Å²) < 4.78 is 7.29. The van der Waals surface area contributed by atoms with E-state index in [0.29, 0.717) is 0 Å². The number of anilines is 1. The van der Waals surface area contributed by atoms with Crippen molar-refractivity contribution in [1.29, 1.82) is 0 Å². The molecule has 1 aliphatic carbocycles. The molecule has 8 heteroatoms. The molecule has 0 saturated carbocycles. The van der Waals surface area contributed by atoms with E-state index in [1.165, 1.54) is 28.7 Å². The first-order valence-corrected chi connectivity index (χ1v) is 10.8. The molecule has 4 heterocycles. The normalized spacial score (nSPS) is 21.0. The molecular formula is C19H26N6OS. The Labute approximate surface area is 162 Å². The average molecular weight is 387 g/mol. The molecule has 5 rings (SSSR count). The summed E-state index contributed by atoms with van der Waals surface area (Å²) in [7, 11) is 0. The lowest BCUT2D eigenvalue weighted by Gasteiger charge is -2.26. The molecular weight excluding hydrogens is 360 g/mol. The van der Waals surface area contributed by atoms with Crippen LogP contribution in [0.2, 0.25) is 0 Å². The Morgan fingerprint density at radius 2 is 2.22 bits per heavy atom. The number of nitrogens with zero attached hydrogens (tertiary/aromatic N) is 5. The molecule has 0 unspecified atom stereocenters. The summed E-state index contributed by atoms with van der Waals surface area (Å²) in [4.78, 5) is 14.5. The van der Waals surface area contributed by atoms with Crippen molar-refractivity contribution in [3.8, 4) is 0 Å². The summed E-state index contributed by atoms with van der Waals surface area (Å²) in [5.74, 6) is 1.54. The standard InChI is InChI=1S/C19H26N6OS/c1-13-3-4-15-14(11-13)16-17-21-12-22-25(17)19(23-18(16)27-15)20-5-2-6-24-7-9-26-10-8-24/h12-13H,2-11H2,1H3,(H,20,23)/t13-/m1/s1. The summed E-state index contributed by atoms with van der Waals surface area (Å²) in [5, 5.41) is 9.16. The summed E-state index contributed by atoms with van der Waals surface area (Å²) in [6.07, 6.45) is 6.29. The third-order valence-electron chi connectivity index (χ3n) is 5.71. The van der Waals surface area contributed by atoms with Crippen LogP contribution in [0.5, 0.6) is 0 Å². The lowest BCUT2D eigenvalue weighted by Crippen LogP contribution is -2.37. The van der Waals surface area contributed by atoms with Crippen molar-refractivity contribution in [3.63, 3.8) is 0 Å². The Morgan fingerprint density at radius 3 is 3.11 bits per heavy atom. The zero-order chi connectivity index (χ0) is 18.2. The highest BCUT2D eigenvalue weighted by molar-refractivity contribution is 7.19. The van der Waals surface area contributed by atoms with Gasteiger partial charge in [0.05, 0.1) is 18.6 Å². The van der Waals surface area contributed by atoms with Gasteiger partial charge in [0.25, 0.3) is 0 Å². The topological polar surface area (TPSA) is 67.6 Å². The number of rotatable bonds is 5. The minimum absolute atomic E-state index is 0.733. The number of morpholine rings is 1. The Balaban J connectivity index is 1.37. The Hall–Kier alpha value is -1.77. The van der Waals surface area contributed by atoms with E-state index >= 15 is 0 Å². The predicted octanol–water partition coefficient (Wildman–Crippen LogP) is 2.60. The van der Waals surface area contributed by atoms with Gasteiger partial charge in [-0.2, -0.15) is 9.61 Å². The number of aryl methyl sites for hydroxylation is 1.